The lowest BCUT2D eigenvalue weighted by molar-refractivity contribution is 0.0713. The first-order valence-corrected chi connectivity index (χ1v) is 7.95. The quantitative estimate of drug-likeness (QED) is 0.784. The van der Waals surface area contributed by atoms with E-state index in [4.69, 9.17) is 5.73 Å². The van der Waals surface area contributed by atoms with Crippen molar-refractivity contribution in [2.45, 2.75) is 52.6 Å². The topological polar surface area (TPSA) is 29.3 Å². The van der Waals surface area contributed by atoms with Crippen LogP contribution in [-0.4, -0.2) is 24.0 Å². The van der Waals surface area contributed by atoms with Crippen LogP contribution in [0.15, 0.2) is 24.3 Å². The Hall–Kier alpha value is -0.930. The van der Waals surface area contributed by atoms with E-state index in [2.05, 4.69) is 39.6 Å². The van der Waals surface area contributed by atoms with Crippen molar-refractivity contribution in [3.63, 3.8) is 0 Å². The van der Waals surface area contributed by atoms with Gasteiger partial charge < -0.3 is 5.73 Å². The van der Waals surface area contributed by atoms with Crippen LogP contribution in [0.2, 0.25) is 0 Å². The first kappa shape index (κ1) is 18.1. The fraction of sp³-hybridized carbons (Fsp3) is 0.667. The maximum absolute atomic E-state index is 13.0. The summed E-state index contributed by atoms with van der Waals surface area (Å²) in [5.41, 5.74) is 7.32. The van der Waals surface area contributed by atoms with Crippen LogP contribution in [0.25, 0.3) is 0 Å². The van der Waals surface area contributed by atoms with Crippen molar-refractivity contribution in [2.75, 3.05) is 13.6 Å². The maximum Gasteiger partial charge on any atom is 0.123 e. The average molecular weight is 294 g/mol. The van der Waals surface area contributed by atoms with E-state index in [0.717, 1.165) is 24.9 Å². The van der Waals surface area contributed by atoms with E-state index in [1.54, 1.807) is 0 Å². The Bertz CT molecular complexity index is 402. The summed E-state index contributed by atoms with van der Waals surface area (Å²) in [5.74, 6) is 1.02. The molecule has 0 aliphatic heterocycles. The largest absolute Gasteiger partial charge is 0.329 e. The lowest BCUT2D eigenvalue weighted by Gasteiger charge is -2.44. The van der Waals surface area contributed by atoms with Gasteiger partial charge in [-0.3, -0.25) is 4.90 Å². The highest BCUT2D eigenvalue weighted by atomic mass is 19.1. The monoisotopic (exact) mass is 294 g/mol. The van der Waals surface area contributed by atoms with Gasteiger partial charge in [-0.15, -0.1) is 0 Å². The Labute approximate surface area is 129 Å². The van der Waals surface area contributed by atoms with Crippen molar-refractivity contribution >= 4 is 0 Å². The van der Waals surface area contributed by atoms with Crippen molar-refractivity contribution < 1.29 is 4.39 Å². The van der Waals surface area contributed by atoms with E-state index < -0.39 is 0 Å². The molecule has 2 N–H and O–H groups in total. The third kappa shape index (κ3) is 5.40. The van der Waals surface area contributed by atoms with Gasteiger partial charge in [-0.25, -0.2) is 4.39 Å². The highest BCUT2D eigenvalue weighted by Crippen LogP contribution is 2.30. The highest BCUT2D eigenvalue weighted by molar-refractivity contribution is 5.16. The molecule has 21 heavy (non-hydrogen) atoms. The number of hydrogen-bond acceptors (Lipinski definition) is 2. The standard InChI is InChI=1S/C18H31FN2/c1-14(2)10-18(13-20,11-15(3)4)21(5)12-16-6-8-17(19)9-7-16/h6-9,14-15H,10-13,20H2,1-5H3. The summed E-state index contributed by atoms with van der Waals surface area (Å²) in [6.07, 6.45) is 2.17. The van der Waals surface area contributed by atoms with Gasteiger partial charge in [-0.05, 0) is 49.4 Å². The Kier molecular flexibility index (Phi) is 6.82. The summed E-state index contributed by atoms with van der Waals surface area (Å²) in [6, 6.07) is 6.77. The fourth-order valence-electron chi connectivity index (χ4n) is 3.27. The van der Waals surface area contributed by atoms with Gasteiger partial charge >= 0.3 is 0 Å². The lowest BCUT2D eigenvalue weighted by Crippen LogP contribution is -2.53. The summed E-state index contributed by atoms with van der Waals surface area (Å²) in [6.45, 7) is 10.4. The molecule has 0 saturated carbocycles. The zero-order chi connectivity index (χ0) is 16.0. The van der Waals surface area contributed by atoms with E-state index in [1.807, 2.05) is 12.1 Å². The smallest absolute Gasteiger partial charge is 0.123 e. The molecule has 2 nitrogen and oxygen atoms in total. The molecular formula is C18H31FN2. The number of benzene rings is 1. The van der Waals surface area contributed by atoms with Crippen LogP contribution < -0.4 is 5.73 Å². The molecule has 1 aromatic rings. The Morgan fingerprint density at radius 2 is 1.52 bits per heavy atom. The Balaban J connectivity index is 2.92. The van der Waals surface area contributed by atoms with Crippen molar-refractivity contribution in [2.24, 2.45) is 17.6 Å². The second-order valence-electron chi connectivity index (χ2n) is 7.11. The zero-order valence-electron chi connectivity index (χ0n) is 14.2. The second kappa shape index (κ2) is 7.90. The number of rotatable bonds is 8. The molecule has 3 heteroatoms. The van der Waals surface area contributed by atoms with Gasteiger partial charge in [0.15, 0.2) is 0 Å². The molecule has 0 radical (unpaired) electrons. The van der Waals surface area contributed by atoms with E-state index >= 15 is 0 Å². The number of halogens is 1. The van der Waals surface area contributed by atoms with Crippen molar-refractivity contribution in [1.82, 2.24) is 4.90 Å². The average Bonchev–Trinajstić information content (AvgIpc) is 2.39. The molecule has 0 aliphatic carbocycles. The van der Waals surface area contributed by atoms with Gasteiger partial charge in [0.25, 0.3) is 0 Å². The van der Waals surface area contributed by atoms with Gasteiger partial charge in [-0.2, -0.15) is 0 Å². The van der Waals surface area contributed by atoms with Crippen LogP contribution in [0.5, 0.6) is 0 Å². The van der Waals surface area contributed by atoms with E-state index in [1.165, 1.54) is 12.1 Å². The number of likely N-dealkylation sites (N-methyl/N-ethyl adjacent to an activating group) is 1. The molecule has 1 aromatic carbocycles. The van der Waals surface area contributed by atoms with E-state index in [9.17, 15) is 4.39 Å². The van der Waals surface area contributed by atoms with Gasteiger partial charge in [0.05, 0.1) is 0 Å². The minimum absolute atomic E-state index is 0.0106. The molecule has 0 atom stereocenters. The molecule has 0 aromatic heterocycles. The van der Waals surface area contributed by atoms with Crippen LogP contribution in [-0.2, 0) is 6.54 Å². The summed E-state index contributed by atoms with van der Waals surface area (Å²) in [5, 5.41) is 0. The third-order valence-electron chi connectivity index (χ3n) is 4.10. The predicted molar refractivity (Wildman–Crippen MR) is 88.6 cm³/mol. The molecule has 0 bridgehead atoms. The first-order chi connectivity index (χ1) is 9.79. The third-order valence-corrected chi connectivity index (χ3v) is 4.10. The maximum atomic E-state index is 13.0. The minimum atomic E-state index is -0.184. The number of nitrogens with zero attached hydrogens (tertiary/aromatic N) is 1. The van der Waals surface area contributed by atoms with Crippen LogP contribution in [0.1, 0.15) is 46.1 Å². The van der Waals surface area contributed by atoms with Crippen LogP contribution in [0.3, 0.4) is 0 Å². The zero-order valence-corrected chi connectivity index (χ0v) is 14.2. The molecule has 120 valence electrons. The normalized spacial score (nSPS) is 12.7. The minimum Gasteiger partial charge on any atom is -0.329 e. The molecule has 0 saturated heterocycles. The van der Waals surface area contributed by atoms with Crippen molar-refractivity contribution in [3.8, 4) is 0 Å². The van der Waals surface area contributed by atoms with Crippen LogP contribution in [0, 0.1) is 17.7 Å². The molecule has 0 aliphatic rings. The summed E-state index contributed by atoms with van der Waals surface area (Å²) < 4.78 is 13.0. The van der Waals surface area contributed by atoms with E-state index in [-0.39, 0.29) is 11.4 Å². The van der Waals surface area contributed by atoms with Crippen molar-refractivity contribution in [3.05, 3.63) is 35.6 Å². The Morgan fingerprint density at radius 1 is 1.05 bits per heavy atom. The SMILES string of the molecule is CC(C)CC(CN)(CC(C)C)N(C)Cc1ccc(F)cc1. The highest BCUT2D eigenvalue weighted by Gasteiger charge is 2.34. The van der Waals surface area contributed by atoms with Crippen LogP contribution in [0.4, 0.5) is 4.39 Å². The van der Waals surface area contributed by atoms with Gasteiger partial charge in [0.2, 0.25) is 0 Å². The fourth-order valence-corrected chi connectivity index (χ4v) is 3.27. The molecule has 0 spiro atoms. The first-order valence-electron chi connectivity index (χ1n) is 7.95. The van der Waals surface area contributed by atoms with Crippen molar-refractivity contribution in [1.29, 1.82) is 0 Å². The molecule has 0 heterocycles. The Morgan fingerprint density at radius 3 is 1.90 bits per heavy atom. The predicted octanol–water partition coefficient (Wildman–Crippen LogP) is 4.05. The summed E-state index contributed by atoms with van der Waals surface area (Å²) >= 11 is 0. The van der Waals surface area contributed by atoms with Gasteiger partial charge in [0, 0.05) is 18.6 Å². The summed E-state index contributed by atoms with van der Waals surface area (Å²) in [7, 11) is 2.14. The molecule has 0 amide bonds. The van der Waals surface area contributed by atoms with Crippen LogP contribution >= 0.6 is 0 Å². The molecule has 0 unspecified atom stereocenters. The number of hydrogen-bond donors (Lipinski definition) is 1. The lowest BCUT2D eigenvalue weighted by atomic mass is 9.80. The molecule has 0 fully saturated rings. The molecule has 1 rings (SSSR count). The van der Waals surface area contributed by atoms with E-state index in [0.29, 0.717) is 18.4 Å². The second-order valence-corrected chi connectivity index (χ2v) is 7.11. The van der Waals surface area contributed by atoms with Gasteiger partial charge in [0.1, 0.15) is 5.82 Å². The molecular weight excluding hydrogens is 263 g/mol. The summed E-state index contributed by atoms with van der Waals surface area (Å²) in [4.78, 5) is 2.36. The van der Waals surface area contributed by atoms with Gasteiger partial charge in [-0.1, -0.05) is 39.8 Å². The number of nitrogens with two attached hydrogens (primary N) is 1.